The Balaban J connectivity index is 2.68. The Morgan fingerprint density at radius 2 is 1.90 bits per heavy atom. The minimum Gasteiger partial charge on any atom is -0.392 e. The summed E-state index contributed by atoms with van der Waals surface area (Å²) in [5, 5.41) is 12.9. The molecule has 0 atom stereocenters. The lowest BCUT2D eigenvalue weighted by Gasteiger charge is -2.16. The van der Waals surface area contributed by atoms with Crippen LogP contribution >= 0.6 is 0 Å². The van der Waals surface area contributed by atoms with E-state index in [1.165, 1.54) is 0 Å². The predicted molar refractivity (Wildman–Crippen MR) is 68.6 cm³/mol. The summed E-state index contributed by atoms with van der Waals surface area (Å²) < 4.78 is 40.4. The summed E-state index contributed by atoms with van der Waals surface area (Å²) in [5.74, 6) is 0.0639. The normalized spacial score (nSPS) is 12.2. The number of hydrogen-bond donors (Lipinski definition) is 1. The zero-order chi connectivity index (χ0) is 14.9. The van der Waals surface area contributed by atoms with Gasteiger partial charge in [0.1, 0.15) is 0 Å². The summed E-state index contributed by atoms with van der Waals surface area (Å²) in [4.78, 5) is 0. The van der Waals surface area contributed by atoms with Crippen molar-refractivity contribution in [1.29, 1.82) is 0 Å². The van der Waals surface area contributed by atoms with E-state index in [0.29, 0.717) is 5.69 Å². The highest BCUT2D eigenvalue weighted by Crippen LogP contribution is 2.35. The first kappa shape index (κ1) is 14.6. The molecule has 1 heterocycles. The van der Waals surface area contributed by atoms with Gasteiger partial charge in [-0.1, -0.05) is 32.0 Å². The zero-order valence-electron chi connectivity index (χ0n) is 11.1. The van der Waals surface area contributed by atoms with Gasteiger partial charge in [0.2, 0.25) is 0 Å². The van der Waals surface area contributed by atoms with Crippen LogP contribution in [0.3, 0.4) is 0 Å². The second-order valence-corrected chi connectivity index (χ2v) is 4.80. The summed E-state index contributed by atoms with van der Waals surface area (Å²) in [6, 6.07) is 6.82. The van der Waals surface area contributed by atoms with Crippen molar-refractivity contribution in [2.45, 2.75) is 32.5 Å². The lowest BCUT2D eigenvalue weighted by Crippen LogP contribution is -2.16. The van der Waals surface area contributed by atoms with Gasteiger partial charge in [0, 0.05) is 5.56 Å². The molecule has 1 aromatic heterocycles. The Bertz CT molecular complexity index is 603. The number of alkyl halides is 3. The van der Waals surface area contributed by atoms with Gasteiger partial charge in [0.15, 0.2) is 5.69 Å². The molecule has 3 nitrogen and oxygen atoms in total. The molecule has 0 amide bonds. The van der Waals surface area contributed by atoms with Crippen LogP contribution in [0.5, 0.6) is 0 Å². The number of aliphatic hydroxyl groups excluding tert-OH is 1. The Morgan fingerprint density at radius 3 is 2.45 bits per heavy atom. The number of hydrogen-bond acceptors (Lipinski definition) is 2. The number of nitrogens with zero attached hydrogens (tertiary/aromatic N) is 2. The first-order valence-electron chi connectivity index (χ1n) is 6.20. The number of aliphatic hydroxyl groups is 1. The summed E-state index contributed by atoms with van der Waals surface area (Å²) >= 11 is 0. The van der Waals surface area contributed by atoms with E-state index in [9.17, 15) is 13.2 Å². The van der Waals surface area contributed by atoms with E-state index >= 15 is 0 Å². The van der Waals surface area contributed by atoms with Crippen LogP contribution in [0.15, 0.2) is 30.5 Å². The fourth-order valence-electron chi connectivity index (χ4n) is 2.15. The SMILES string of the molecule is CC(C)c1ccccc1-n1ncc(CO)c1C(F)(F)F. The van der Waals surface area contributed by atoms with Crippen LogP contribution in [0.1, 0.15) is 36.6 Å². The predicted octanol–water partition coefficient (Wildman–Crippen LogP) is 3.51. The molecule has 0 unspecified atom stereocenters. The van der Waals surface area contributed by atoms with E-state index in [-0.39, 0.29) is 11.5 Å². The Morgan fingerprint density at radius 1 is 1.25 bits per heavy atom. The maximum absolute atomic E-state index is 13.2. The van der Waals surface area contributed by atoms with Crippen molar-refractivity contribution in [1.82, 2.24) is 9.78 Å². The first-order valence-corrected chi connectivity index (χ1v) is 6.20. The highest BCUT2D eigenvalue weighted by Gasteiger charge is 2.38. The molecule has 20 heavy (non-hydrogen) atoms. The molecule has 1 aromatic carbocycles. The third-order valence-corrected chi connectivity index (χ3v) is 3.07. The summed E-state index contributed by atoms with van der Waals surface area (Å²) in [7, 11) is 0. The van der Waals surface area contributed by atoms with Crippen molar-refractivity contribution in [3.8, 4) is 5.69 Å². The van der Waals surface area contributed by atoms with Crippen LogP contribution in [-0.4, -0.2) is 14.9 Å². The van der Waals surface area contributed by atoms with Crippen molar-refractivity contribution < 1.29 is 18.3 Å². The molecule has 0 bridgehead atoms. The number of para-hydroxylation sites is 1. The molecule has 0 aliphatic heterocycles. The third-order valence-electron chi connectivity index (χ3n) is 3.07. The minimum atomic E-state index is -4.57. The van der Waals surface area contributed by atoms with Gasteiger partial charge in [-0.15, -0.1) is 0 Å². The van der Waals surface area contributed by atoms with Crippen molar-refractivity contribution in [3.05, 3.63) is 47.3 Å². The second-order valence-electron chi connectivity index (χ2n) is 4.80. The monoisotopic (exact) mass is 284 g/mol. The maximum atomic E-state index is 13.2. The molecule has 0 aliphatic carbocycles. The third kappa shape index (κ3) is 2.56. The van der Waals surface area contributed by atoms with Crippen LogP contribution in [0.2, 0.25) is 0 Å². The van der Waals surface area contributed by atoms with Crippen LogP contribution in [-0.2, 0) is 12.8 Å². The topological polar surface area (TPSA) is 38.0 Å². The van der Waals surface area contributed by atoms with E-state index in [0.717, 1.165) is 16.4 Å². The van der Waals surface area contributed by atoms with Crippen molar-refractivity contribution >= 4 is 0 Å². The van der Waals surface area contributed by atoms with Crippen molar-refractivity contribution in [2.75, 3.05) is 0 Å². The molecule has 0 aliphatic rings. The van der Waals surface area contributed by atoms with Gasteiger partial charge in [-0.05, 0) is 17.5 Å². The zero-order valence-corrected chi connectivity index (χ0v) is 11.1. The highest BCUT2D eigenvalue weighted by molar-refractivity contribution is 5.44. The summed E-state index contributed by atoms with van der Waals surface area (Å²) in [5.41, 5.74) is 0.00396. The number of aromatic nitrogens is 2. The Labute approximate surface area is 114 Å². The molecular formula is C14H15F3N2O. The van der Waals surface area contributed by atoms with Crippen LogP contribution in [0.25, 0.3) is 5.69 Å². The average molecular weight is 284 g/mol. The highest BCUT2D eigenvalue weighted by atomic mass is 19.4. The van der Waals surface area contributed by atoms with E-state index in [4.69, 9.17) is 5.11 Å². The molecule has 2 rings (SSSR count). The van der Waals surface area contributed by atoms with Crippen molar-refractivity contribution in [2.24, 2.45) is 0 Å². The van der Waals surface area contributed by atoms with Gasteiger partial charge in [-0.2, -0.15) is 18.3 Å². The first-order chi connectivity index (χ1) is 9.36. The fourth-order valence-corrected chi connectivity index (χ4v) is 2.15. The number of halogens is 3. The molecule has 0 fully saturated rings. The average Bonchev–Trinajstić information content (AvgIpc) is 2.82. The van der Waals surface area contributed by atoms with Gasteiger partial charge in [0.25, 0.3) is 0 Å². The van der Waals surface area contributed by atoms with E-state index in [1.807, 2.05) is 13.8 Å². The molecule has 0 saturated carbocycles. The lowest BCUT2D eigenvalue weighted by molar-refractivity contribution is -0.143. The number of rotatable bonds is 3. The second kappa shape index (κ2) is 5.28. The smallest absolute Gasteiger partial charge is 0.392 e. The molecule has 108 valence electrons. The minimum absolute atomic E-state index is 0.0639. The van der Waals surface area contributed by atoms with Gasteiger partial charge < -0.3 is 5.11 Å². The van der Waals surface area contributed by atoms with E-state index in [1.54, 1.807) is 24.3 Å². The summed E-state index contributed by atoms with van der Waals surface area (Å²) in [6.45, 7) is 3.11. The molecule has 6 heteroatoms. The molecule has 1 N–H and O–H groups in total. The van der Waals surface area contributed by atoms with E-state index < -0.39 is 18.5 Å². The fraction of sp³-hybridized carbons (Fsp3) is 0.357. The largest absolute Gasteiger partial charge is 0.433 e. The van der Waals surface area contributed by atoms with Gasteiger partial charge >= 0.3 is 6.18 Å². The van der Waals surface area contributed by atoms with Crippen LogP contribution in [0.4, 0.5) is 13.2 Å². The standard InChI is InChI=1S/C14H15F3N2O/c1-9(2)11-5-3-4-6-12(11)19-13(14(15,16)17)10(8-20)7-18-19/h3-7,9,20H,8H2,1-2H3. The van der Waals surface area contributed by atoms with E-state index in [2.05, 4.69) is 5.10 Å². The molecule has 0 spiro atoms. The van der Waals surface area contributed by atoms with Crippen LogP contribution < -0.4 is 0 Å². The number of benzene rings is 1. The van der Waals surface area contributed by atoms with Gasteiger partial charge in [-0.25, -0.2) is 4.68 Å². The molecule has 0 saturated heterocycles. The van der Waals surface area contributed by atoms with Gasteiger partial charge in [0.05, 0.1) is 18.5 Å². The molecular weight excluding hydrogens is 269 g/mol. The quantitative estimate of drug-likeness (QED) is 0.936. The molecule has 2 aromatic rings. The summed E-state index contributed by atoms with van der Waals surface area (Å²) in [6.07, 6.45) is -3.52. The Kier molecular flexibility index (Phi) is 3.85. The van der Waals surface area contributed by atoms with Crippen LogP contribution in [0, 0.1) is 0 Å². The maximum Gasteiger partial charge on any atom is 0.433 e. The van der Waals surface area contributed by atoms with Crippen molar-refractivity contribution in [3.63, 3.8) is 0 Å². The molecule has 0 radical (unpaired) electrons. The Hall–Kier alpha value is -1.82. The lowest BCUT2D eigenvalue weighted by atomic mass is 10.0. The van der Waals surface area contributed by atoms with Gasteiger partial charge in [-0.3, -0.25) is 0 Å².